The SMILES string of the molecule is COc1c(C(C#N)N2CCOCC2)c(C)nn1C. The van der Waals surface area contributed by atoms with Crippen molar-refractivity contribution in [2.75, 3.05) is 33.4 Å². The Labute approximate surface area is 107 Å². The predicted octanol–water partition coefficient (Wildman–Crippen LogP) is 0.634. The molecule has 0 bridgehead atoms. The van der Waals surface area contributed by atoms with Crippen LogP contribution in [0, 0.1) is 18.3 Å². The Morgan fingerprint density at radius 2 is 2.11 bits per heavy atom. The predicted molar refractivity (Wildman–Crippen MR) is 65.2 cm³/mol. The zero-order chi connectivity index (χ0) is 13.1. The van der Waals surface area contributed by atoms with Crippen molar-refractivity contribution in [3.63, 3.8) is 0 Å². The molecule has 1 aromatic heterocycles. The van der Waals surface area contributed by atoms with Crippen LogP contribution < -0.4 is 4.74 Å². The Kier molecular flexibility index (Phi) is 3.84. The molecule has 1 aromatic rings. The molecule has 2 heterocycles. The monoisotopic (exact) mass is 250 g/mol. The van der Waals surface area contributed by atoms with Gasteiger partial charge in [-0.25, -0.2) is 4.68 Å². The van der Waals surface area contributed by atoms with Crippen molar-refractivity contribution in [3.8, 4) is 11.9 Å². The van der Waals surface area contributed by atoms with Crippen molar-refractivity contribution in [2.45, 2.75) is 13.0 Å². The maximum Gasteiger partial charge on any atom is 0.217 e. The number of aryl methyl sites for hydroxylation is 2. The molecule has 0 N–H and O–H groups in total. The van der Waals surface area contributed by atoms with Gasteiger partial charge in [-0.3, -0.25) is 4.90 Å². The Bertz CT molecular complexity index is 457. The largest absolute Gasteiger partial charge is 0.481 e. The lowest BCUT2D eigenvalue weighted by molar-refractivity contribution is 0.0261. The molecular weight excluding hydrogens is 232 g/mol. The summed E-state index contributed by atoms with van der Waals surface area (Å²) in [5, 5.41) is 13.8. The second-order valence-corrected chi connectivity index (χ2v) is 4.31. The number of methoxy groups -OCH3 is 1. The number of rotatable bonds is 3. The van der Waals surface area contributed by atoms with E-state index in [9.17, 15) is 5.26 Å². The van der Waals surface area contributed by atoms with E-state index >= 15 is 0 Å². The molecule has 1 aliphatic heterocycles. The summed E-state index contributed by atoms with van der Waals surface area (Å²) in [6.45, 7) is 4.76. The topological polar surface area (TPSA) is 63.3 Å². The highest BCUT2D eigenvalue weighted by Crippen LogP contribution is 2.31. The summed E-state index contributed by atoms with van der Waals surface area (Å²) in [7, 11) is 3.43. The van der Waals surface area contributed by atoms with Crippen LogP contribution in [0.2, 0.25) is 0 Å². The average Bonchev–Trinajstić information content (AvgIpc) is 2.66. The summed E-state index contributed by atoms with van der Waals surface area (Å²) in [5.41, 5.74) is 1.71. The Morgan fingerprint density at radius 1 is 1.44 bits per heavy atom. The zero-order valence-electron chi connectivity index (χ0n) is 11.0. The summed E-state index contributed by atoms with van der Waals surface area (Å²) < 4.78 is 12.4. The molecule has 18 heavy (non-hydrogen) atoms. The van der Waals surface area contributed by atoms with E-state index < -0.39 is 0 Å². The highest BCUT2D eigenvalue weighted by molar-refractivity contribution is 5.37. The minimum atomic E-state index is -0.322. The third-order valence-corrected chi connectivity index (χ3v) is 3.21. The Balaban J connectivity index is 2.35. The normalized spacial score (nSPS) is 18.3. The first-order valence-corrected chi connectivity index (χ1v) is 5.98. The second kappa shape index (κ2) is 5.38. The van der Waals surface area contributed by atoms with Crippen molar-refractivity contribution in [3.05, 3.63) is 11.3 Å². The number of hydrogen-bond acceptors (Lipinski definition) is 5. The van der Waals surface area contributed by atoms with E-state index in [1.807, 2.05) is 14.0 Å². The molecule has 0 radical (unpaired) electrons. The van der Waals surface area contributed by atoms with Gasteiger partial charge in [0.2, 0.25) is 5.88 Å². The molecule has 0 aromatic carbocycles. The molecule has 6 nitrogen and oxygen atoms in total. The number of morpholine rings is 1. The summed E-state index contributed by atoms with van der Waals surface area (Å²) in [4.78, 5) is 2.11. The first-order chi connectivity index (χ1) is 8.69. The molecule has 0 saturated carbocycles. The van der Waals surface area contributed by atoms with Gasteiger partial charge in [-0.05, 0) is 6.92 Å². The van der Waals surface area contributed by atoms with E-state index in [2.05, 4.69) is 16.1 Å². The molecule has 1 atom stereocenters. The van der Waals surface area contributed by atoms with Gasteiger partial charge in [-0.15, -0.1) is 0 Å². The lowest BCUT2D eigenvalue weighted by Gasteiger charge is -2.30. The minimum absolute atomic E-state index is 0.322. The van der Waals surface area contributed by atoms with Crippen LogP contribution in [0.15, 0.2) is 0 Å². The molecule has 98 valence electrons. The number of nitriles is 1. The molecule has 0 spiro atoms. The number of hydrogen-bond donors (Lipinski definition) is 0. The fourth-order valence-corrected chi connectivity index (χ4v) is 2.37. The Hall–Kier alpha value is -1.58. The van der Waals surface area contributed by atoms with Crippen molar-refractivity contribution >= 4 is 0 Å². The van der Waals surface area contributed by atoms with Gasteiger partial charge in [-0.1, -0.05) is 0 Å². The quantitative estimate of drug-likeness (QED) is 0.787. The lowest BCUT2D eigenvalue weighted by Crippen LogP contribution is -2.38. The molecule has 1 unspecified atom stereocenters. The van der Waals surface area contributed by atoms with E-state index in [1.54, 1.807) is 11.8 Å². The summed E-state index contributed by atoms with van der Waals surface area (Å²) in [5.74, 6) is 0.658. The van der Waals surface area contributed by atoms with Gasteiger partial charge < -0.3 is 9.47 Å². The fourth-order valence-electron chi connectivity index (χ4n) is 2.37. The van der Waals surface area contributed by atoms with Crippen LogP contribution in [-0.2, 0) is 11.8 Å². The van der Waals surface area contributed by atoms with Gasteiger partial charge in [0.1, 0.15) is 6.04 Å². The fraction of sp³-hybridized carbons (Fsp3) is 0.667. The third-order valence-electron chi connectivity index (χ3n) is 3.21. The van der Waals surface area contributed by atoms with Crippen molar-refractivity contribution < 1.29 is 9.47 Å². The van der Waals surface area contributed by atoms with Crippen molar-refractivity contribution in [1.82, 2.24) is 14.7 Å². The van der Waals surface area contributed by atoms with Crippen LogP contribution in [-0.4, -0.2) is 48.1 Å². The molecule has 1 fully saturated rings. The molecule has 1 aliphatic rings. The zero-order valence-corrected chi connectivity index (χ0v) is 11.0. The smallest absolute Gasteiger partial charge is 0.217 e. The second-order valence-electron chi connectivity index (χ2n) is 4.31. The van der Waals surface area contributed by atoms with E-state index in [0.29, 0.717) is 19.1 Å². The van der Waals surface area contributed by atoms with Gasteiger partial charge in [0.25, 0.3) is 0 Å². The van der Waals surface area contributed by atoms with Crippen LogP contribution in [0.25, 0.3) is 0 Å². The first-order valence-electron chi connectivity index (χ1n) is 5.98. The van der Waals surface area contributed by atoms with Gasteiger partial charge in [-0.2, -0.15) is 10.4 Å². The maximum absolute atomic E-state index is 9.46. The van der Waals surface area contributed by atoms with Gasteiger partial charge in [0.15, 0.2) is 0 Å². The molecule has 2 rings (SSSR count). The van der Waals surface area contributed by atoms with E-state index in [1.165, 1.54) is 0 Å². The van der Waals surface area contributed by atoms with Crippen LogP contribution in [0.1, 0.15) is 17.3 Å². The molecule has 0 aliphatic carbocycles. The third kappa shape index (κ3) is 2.19. The van der Waals surface area contributed by atoms with E-state index in [-0.39, 0.29) is 6.04 Å². The van der Waals surface area contributed by atoms with Crippen LogP contribution in [0.4, 0.5) is 0 Å². The average molecular weight is 250 g/mol. The highest BCUT2D eigenvalue weighted by Gasteiger charge is 2.29. The summed E-state index contributed by atoms with van der Waals surface area (Å²) in [6.07, 6.45) is 0. The van der Waals surface area contributed by atoms with Gasteiger partial charge >= 0.3 is 0 Å². The van der Waals surface area contributed by atoms with Crippen LogP contribution >= 0.6 is 0 Å². The lowest BCUT2D eigenvalue weighted by atomic mass is 10.1. The summed E-state index contributed by atoms with van der Waals surface area (Å²) in [6, 6.07) is 2.03. The molecular formula is C12H18N4O2. The van der Waals surface area contributed by atoms with E-state index in [0.717, 1.165) is 24.3 Å². The summed E-state index contributed by atoms with van der Waals surface area (Å²) >= 11 is 0. The van der Waals surface area contributed by atoms with Gasteiger partial charge in [0.05, 0.1) is 37.7 Å². The van der Waals surface area contributed by atoms with Crippen molar-refractivity contribution in [1.29, 1.82) is 5.26 Å². The van der Waals surface area contributed by atoms with Gasteiger partial charge in [0, 0.05) is 20.1 Å². The highest BCUT2D eigenvalue weighted by atomic mass is 16.5. The Morgan fingerprint density at radius 3 is 2.67 bits per heavy atom. The number of ether oxygens (including phenoxy) is 2. The first kappa shape index (κ1) is 12.9. The van der Waals surface area contributed by atoms with Crippen LogP contribution in [0.5, 0.6) is 5.88 Å². The standard InChI is InChI=1S/C12H18N4O2/c1-9-11(12(17-3)15(2)14-9)10(8-13)16-4-6-18-7-5-16/h10H,4-7H2,1-3H3. The molecule has 0 amide bonds. The molecule has 1 saturated heterocycles. The van der Waals surface area contributed by atoms with E-state index in [4.69, 9.17) is 9.47 Å². The number of aromatic nitrogens is 2. The maximum atomic E-state index is 9.46. The van der Waals surface area contributed by atoms with Crippen LogP contribution in [0.3, 0.4) is 0 Å². The molecule has 6 heteroatoms. The number of nitrogens with zero attached hydrogens (tertiary/aromatic N) is 4. The van der Waals surface area contributed by atoms with Crippen molar-refractivity contribution in [2.24, 2.45) is 7.05 Å². The minimum Gasteiger partial charge on any atom is -0.481 e.